The van der Waals surface area contributed by atoms with Gasteiger partial charge >= 0.3 is 5.69 Å². The standard InChI is InChI=1S/C23H33N5O4/c1-17(20(29)18-10-6-4-7-11-18)24-12-8-5-9-14-32-15-13-28-16-25-21-19(28)22(30)27(3)23(31)26(21)2/h4,6-7,10-11,16-17,20,24,29H,5,8-9,12-15H2,1-3H3. The summed E-state index contributed by atoms with van der Waals surface area (Å²) in [6.07, 6.45) is 4.03. The third-order valence-corrected chi connectivity index (χ3v) is 5.74. The largest absolute Gasteiger partial charge is 0.387 e. The summed E-state index contributed by atoms with van der Waals surface area (Å²) in [6.45, 7) is 4.45. The van der Waals surface area contributed by atoms with Gasteiger partial charge in [-0.05, 0) is 38.3 Å². The van der Waals surface area contributed by atoms with Gasteiger partial charge in [0.2, 0.25) is 0 Å². The zero-order valence-electron chi connectivity index (χ0n) is 19.0. The number of imidazole rings is 1. The van der Waals surface area contributed by atoms with Crippen LogP contribution >= 0.6 is 0 Å². The van der Waals surface area contributed by atoms with E-state index in [1.807, 2.05) is 37.3 Å². The number of nitrogens with zero attached hydrogens (tertiary/aromatic N) is 4. The molecule has 2 atom stereocenters. The summed E-state index contributed by atoms with van der Waals surface area (Å²) in [5, 5.41) is 13.7. The first-order valence-corrected chi connectivity index (χ1v) is 11.1. The van der Waals surface area contributed by atoms with E-state index in [9.17, 15) is 14.7 Å². The number of hydrogen-bond donors (Lipinski definition) is 2. The number of unbranched alkanes of at least 4 members (excludes halogenated alkanes) is 2. The van der Waals surface area contributed by atoms with E-state index in [0.717, 1.165) is 35.9 Å². The van der Waals surface area contributed by atoms with Crippen molar-refractivity contribution >= 4 is 11.2 Å². The van der Waals surface area contributed by atoms with Crippen LogP contribution in [0.3, 0.4) is 0 Å². The predicted octanol–water partition coefficient (Wildman–Crippen LogP) is 1.33. The molecule has 2 heterocycles. The van der Waals surface area contributed by atoms with E-state index in [-0.39, 0.29) is 17.3 Å². The van der Waals surface area contributed by atoms with Crippen molar-refractivity contribution in [1.82, 2.24) is 24.0 Å². The number of aromatic nitrogens is 4. The van der Waals surface area contributed by atoms with Crippen LogP contribution in [0.15, 0.2) is 46.2 Å². The molecule has 2 unspecified atom stereocenters. The Morgan fingerprint density at radius 1 is 1.06 bits per heavy atom. The van der Waals surface area contributed by atoms with E-state index in [0.29, 0.717) is 30.9 Å². The summed E-state index contributed by atoms with van der Waals surface area (Å²) in [4.78, 5) is 28.6. The van der Waals surface area contributed by atoms with Gasteiger partial charge < -0.3 is 19.7 Å². The maximum Gasteiger partial charge on any atom is 0.332 e. The van der Waals surface area contributed by atoms with Crippen molar-refractivity contribution in [3.63, 3.8) is 0 Å². The number of aryl methyl sites for hydroxylation is 1. The SMILES string of the molecule is CC(NCCCCCOCCn1cnc2c1c(=O)n(C)c(=O)n2C)C(O)c1ccccc1. The summed E-state index contributed by atoms with van der Waals surface area (Å²) in [5.74, 6) is 0. The molecule has 0 spiro atoms. The Labute approximate surface area is 187 Å². The molecule has 3 rings (SSSR count). The lowest BCUT2D eigenvalue weighted by molar-refractivity contribution is 0.121. The van der Waals surface area contributed by atoms with Gasteiger partial charge in [-0.15, -0.1) is 0 Å². The second-order valence-corrected chi connectivity index (χ2v) is 8.09. The number of nitrogens with one attached hydrogen (secondary N) is 1. The van der Waals surface area contributed by atoms with Crippen LogP contribution in [0, 0.1) is 0 Å². The number of hydrogen-bond acceptors (Lipinski definition) is 6. The van der Waals surface area contributed by atoms with Crippen molar-refractivity contribution in [3.8, 4) is 0 Å². The Morgan fingerprint density at radius 3 is 2.56 bits per heavy atom. The molecule has 9 nitrogen and oxygen atoms in total. The number of aliphatic hydroxyl groups is 1. The molecule has 0 fully saturated rings. The minimum Gasteiger partial charge on any atom is -0.387 e. The van der Waals surface area contributed by atoms with Crippen LogP contribution < -0.4 is 16.6 Å². The molecule has 1 aromatic carbocycles. The van der Waals surface area contributed by atoms with Crippen molar-refractivity contribution in [2.75, 3.05) is 19.8 Å². The maximum atomic E-state index is 12.4. The van der Waals surface area contributed by atoms with E-state index < -0.39 is 6.10 Å². The highest BCUT2D eigenvalue weighted by molar-refractivity contribution is 5.69. The van der Waals surface area contributed by atoms with E-state index in [2.05, 4.69) is 10.3 Å². The smallest absolute Gasteiger partial charge is 0.332 e. The van der Waals surface area contributed by atoms with Crippen LogP contribution in [0.5, 0.6) is 0 Å². The van der Waals surface area contributed by atoms with Gasteiger partial charge in [-0.2, -0.15) is 0 Å². The normalized spacial score (nSPS) is 13.5. The van der Waals surface area contributed by atoms with Crippen molar-refractivity contribution in [1.29, 1.82) is 0 Å². The van der Waals surface area contributed by atoms with Gasteiger partial charge in [0.25, 0.3) is 5.56 Å². The van der Waals surface area contributed by atoms with Gasteiger partial charge in [0.1, 0.15) is 0 Å². The Hall–Kier alpha value is -2.75. The zero-order valence-corrected chi connectivity index (χ0v) is 19.0. The zero-order chi connectivity index (χ0) is 23.1. The average molecular weight is 444 g/mol. The molecule has 0 saturated carbocycles. The fraction of sp³-hybridized carbons (Fsp3) is 0.522. The Kier molecular flexibility index (Phi) is 8.38. The molecular weight excluding hydrogens is 410 g/mol. The summed E-state index contributed by atoms with van der Waals surface area (Å²) >= 11 is 0. The molecule has 0 amide bonds. The fourth-order valence-electron chi connectivity index (χ4n) is 3.72. The Bertz CT molecular complexity index is 1120. The summed E-state index contributed by atoms with van der Waals surface area (Å²) in [7, 11) is 3.08. The highest BCUT2D eigenvalue weighted by atomic mass is 16.5. The van der Waals surface area contributed by atoms with Crippen LogP contribution in [0.4, 0.5) is 0 Å². The number of aliphatic hydroxyl groups excluding tert-OH is 1. The Balaban J connectivity index is 1.32. The first-order chi connectivity index (χ1) is 15.4. The number of ether oxygens (including phenoxy) is 1. The molecule has 0 aliphatic heterocycles. The van der Waals surface area contributed by atoms with E-state index in [1.54, 1.807) is 17.9 Å². The van der Waals surface area contributed by atoms with Gasteiger partial charge in [0.05, 0.1) is 19.0 Å². The van der Waals surface area contributed by atoms with Crippen molar-refractivity contribution in [3.05, 3.63) is 63.1 Å². The quantitative estimate of drug-likeness (QED) is 0.410. The highest BCUT2D eigenvalue weighted by Crippen LogP contribution is 2.16. The molecule has 174 valence electrons. The van der Waals surface area contributed by atoms with Crippen molar-refractivity contribution in [2.24, 2.45) is 14.1 Å². The fourth-order valence-corrected chi connectivity index (χ4v) is 3.72. The van der Waals surface area contributed by atoms with Crippen molar-refractivity contribution in [2.45, 2.75) is 44.9 Å². The van der Waals surface area contributed by atoms with E-state index in [1.165, 1.54) is 11.6 Å². The minimum absolute atomic E-state index is 0.00847. The first kappa shape index (κ1) is 23.9. The van der Waals surface area contributed by atoms with Crippen LogP contribution in [0.25, 0.3) is 11.2 Å². The van der Waals surface area contributed by atoms with Crippen molar-refractivity contribution < 1.29 is 9.84 Å². The minimum atomic E-state index is -0.516. The first-order valence-electron chi connectivity index (χ1n) is 11.1. The second-order valence-electron chi connectivity index (χ2n) is 8.09. The van der Waals surface area contributed by atoms with E-state index >= 15 is 0 Å². The van der Waals surface area contributed by atoms with Gasteiger partial charge in [0.15, 0.2) is 11.2 Å². The number of benzene rings is 1. The molecule has 0 aliphatic rings. The molecule has 0 bridgehead atoms. The Morgan fingerprint density at radius 2 is 1.81 bits per heavy atom. The van der Waals surface area contributed by atoms with Crippen LogP contribution in [-0.4, -0.2) is 49.6 Å². The third-order valence-electron chi connectivity index (χ3n) is 5.74. The lowest BCUT2D eigenvalue weighted by atomic mass is 10.0. The van der Waals surface area contributed by atoms with Gasteiger partial charge in [-0.25, -0.2) is 9.78 Å². The monoisotopic (exact) mass is 443 g/mol. The van der Waals surface area contributed by atoms with Gasteiger partial charge in [-0.1, -0.05) is 30.3 Å². The second kappa shape index (κ2) is 11.2. The molecule has 9 heteroatoms. The molecule has 32 heavy (non-hydrogen) atoms. The maximum absolute atomic E-state index is 12.4. The summed E-state index contributed by atoms with van der Waals surface area (Å²) < 4.78 is 9.92. The molecule has 0 saturated heterocycles. The molecule has 0 radical (unpaired) electrons. The molecule has 3 aromatic rings. The third kappa shape index (κ3) is 5.53. The molecule has 0 aliphatic carbocycles. The predicted molar refractivity (Wildman–Crippen MR) is 124 cm³/mol. The van der Waals surface area contributed by atoms with Gasteiger partial charge in [-0.3, -0.25) is 13.9 Å². The summed E-state index contributed by atoms with van der Waals surface area (Å²) in [6, 6.07) is 9.67. The number of rotatable bonds is 12. The van der Waals surface area contributed by atoms with E-state index in [4.69, 9.17) is 4.74 Å². The molecule has 2 N–H and O–H groups in total. The van der Waals surface area contributed by atoms with Crippen LogP contribution in [0.2, 0.25) is 0 Å². The van der Waals surface area contributed by atoms with Crippen LogP contribution in [0.1, 0.15) is 37.9 Å². The topological polar surface area (TPSA) is 103 Å². The summed E-state index contributed by atoms with van der Waals surface area (Å²) in [5.41, 5.74) is 0.988. The highest BCUT2D eigenvalue weighted by Gasteiger charge is 2.15. The van der Waals surface area contributed by atoms with Gasteiger partial charge in [0, 0.05) is 33.3 Å². The number of fused-ring (bicyclic) bond motifs is 1. The average Bonchev–Trinajstić information content (AvgIpc) is 3.24. The molecule has 2 aromatic heterocycles. The lowest BCUT2D eigenvalue weighted by Crippen LogP contribution is -2.37. The molecular formula is C23H33N5O4. The lowest BCUT2D eigenvalue weighted by Gasteiger charge is -2.20. The van der Waals surface area contributed by atoms with Crippen LogP contribution in [-0.2, 0) is 25.4 Å².